The van der Waals surface area contributed by atoms with Crippen LogP contribution >= 0.6 is 0 Å². The highest BCUT2D eigenvalue weighted by molar-refractivity contribution is 5.78. The molecule has 0 spiro atoms. The minimum atomic E-state index is -0.367. The first kappa shape index (κ1) is 13.5. The molecule has 1 atom stereocenters. The second-order valence-electron chi connectivity index (χ2n) is 4.88. The average Bonchev–Trinajstić information content (AvgIpc) is 2.29. The van der Waals surface area contributed by atoms with Crippen LogP contribution in [0, 0.1) is 5.92 Å². The van der Waals surface area contributed by atoms with Crippen molar-refractivity contribution in [3.8, 4) is 0 Å². The summed E-state index contributed by atoms with van der Waals surface area (Å²) in [6, 6.07) is 0. The van der Waals surface area contributed by atoms with E-state index in [2.05, 4.69) is 5.32 Å². The van der Waals surface area contributed by atoms with Crippen molar-refractivity contribution in [2.75, 3.05) is 26.2 Å². The molecule has 0 radical (unpaired) electrons. The third-order valence-corrected chi connectivity index (χ3v) is 3.11. The Bertz CT molecular complexity index is 213. The largest absolute Gasteiger partial charge is 0.392 e. The number of rotatable bonds is 5. The number of carbonyl (C=O) groups is 1. The Balaban J connectivity index is 2.14. The number of hydrogen-bond acceptors (Lipinski definition) is 3. The van der Waals surface area contributed by atoms with E-state index in [1.165, 1.54) is 6.42 Å². The van der Waals surface area contributed by atoms with E-state index in [0.717, 1.165) is 25.9 Å². The third-order valence-electron chi connectivity index (χ3n) is 3.11. The Hall–Kier alpha value is -0.610. The number of carbonyl (C=O) groups excluding carboxylic acids is 1. The fourth-order valence-corrected chi connectivity index (χ4v) is 1.82. The molecule has 94 valence electrons. The van der Waals surface area contributed by atoms with Gasteiger partial charge in [-0.25, -0.2) is 0 Å². The Morgan fingerprint density at radius 1 is 1.31 bits per heavy atom. The lowest BCUT2D eigenvalue weighted by molar-refractivity contribution is -0.131. The number of aliphatic hydroxyl groups excluding tert-OH is 1. The fourth-order valence-electron chi connectivity index (χ4n) is 1.82. The van der Waals surface area contributed by atoms with Crippen LogP contribution in [0.4, 0.5) is 0 Å². The van der Waals surface area contributed by atoms with Gasteiger partial charge < -0.3 is 15.3 Å². The van der Waals surface area contributed by atoms with Gasteiger partial charge in [0.15, 0.2) is 0 Å². The van der Waals surface area contributed by atoms with Crippen LogP contribution in [-0.2, 0) is 4.79 Å². The number of nitrogens with zero attached hydrogens (tertiary/aromatic N) is 1. The Labute approximate surface area is 98.0 Å². The zero-order chi connectivity index (χ0) is 12.0. The quantitative estimate of drug-likeness (QED) is 0.725. The first-order chi connectivity index (χ1) is 7.61. The predicted molar refractivity (Wildman–Crippen MR) is 64.1 cm³/mol. The van der Waals surface area contributed by atoms with Crippen LogP contribution in [0.5, 0.6) is 0 Å². The fraction of sp³-hybridized carbons (Fsp3) is 0.917. The second-order valence-corrected chi connectivity index (χ2v) is 4.88. The van der Waals surface area contributed by atoms with Crippen LogP contribution in [0.15, 0.2) is 0 Å². The highest BCUT2D eigenvalue weighted by Gasteiger charge is 2.16. The van der Waals surface area contributed by atoms with Crippen molar-refractivity contribution in [1.82, 2.24) is 10.2 Å². The zero-order valence-corrected chi connectivity index (χ0v) is 10.4. The van der Waals surface area contributed by atoms with E-state index in [4.69, 9.17) is 0 Å². The summed E-state index contributed by atoms with van der Waals surface area (Å²) in [5.41, 5.74) is 0. The van der Waals surface area contributed by atoms with Crippen LogP contribution in [0.1, 0.15) is 33.1 Å². The number of piperidine rings is 1. The second kappa shape index (κ2) is 6.86. The molecule has 1 aliphatic rings. The molecule has 0 aromatic carbocycles. The highest BCUT2D eigenvalue weighted by Crippen LogP contribution is 2.08. The van der Waals surface area contributed by atoms with Gasteiger partial charge in [-0.3, -0.25) is 4.79 Å². The van der Waals surface area contributed by atoms with Gasteiger partial charge in [-0.15, -0.1) is 0 Å². The van der Waals surface area contributed by atoms with Gasteiger partial charge in [0.2, 0.25) is 5.91 Å². The molecule has 4 heteroatoms. The summed E-state index contributed by atoms with van der Waals surface area (Å²) >= 11 is 0. The van der Waals surface area contributed by atoms with Gasteiger partial charge in [-0.1, -0.05) is 13.8 Å². The Morgan fingerprint density at radius 2 is 1.94 bits per heavy atom. The van der Waals surface area contributed by atoms with E-state index in [1.54, 1.807) is 0 Å². The van der Waals surface area contributed by atoms with Crippen LogP contribution < -0.4 is 5.32 Å². The van der Waals surface area contributed by atoms with E-state index in [-0.39, 0.29) is 17.9 Å². The topological polar surface area (TPSA) is 52.6 Å². The SMILES string of the molecule is CC(C)C(O)CNCC(=O)N1CCCCC1. The molecule has 1 unspecified atom stereocenters. The minimum Gasteiger partial charge on any atom is -0.392 e. The number of likely N-dealkylation sites (tertiary alicyclic amines) is 1. The molecule has 4 nitrogen and oxygen atoms in total. The van der Waals surface area contributed by atoms with Crippen molar-refractivity contribution < 1.29 is 9.90 Å². The third kappa shape index (κ3) is 4.49. The van der Waals surface area contributed by atoms with Crippen molar-refractivity contribution in [2.24, 2.45) is 5.92 Å². The summed E-state index contributed by atoms with van der Waals surface area (Å²) in [4.78, 5) is 13.6. The number of nitrogens with one attached hydrogen (secondary N) is 1. The molecule has 1 aliphatic heterocycles. The van der Waals surface area contributed by atoms with E-state index < -0.39 is 0 Å². The molecule has 1 saturated heterocycles. The van der Waals surface area contributed by atoms with Crippen molar-refractivity contribution in [2.45, 2.75) is 39.2 Å². The molecule has 0 bridgehead atoms. The summed E-state index contributed by atoms with van der Waals surface area (Å²) in [6.45, 7) is 6.58. The van der Waals surface area contributed by atoms with Crippen LogP contribution in [0.3, 0.4) is 0 Å². The van der Waals surface area contributed by atoms with Crippen LogP contribution in [-0.4, -0.2) is 48.2 Å². The van der Waals surface area contributed by atoms with E-state index in [9.17, 15) is 9.90 Å². The maximum absolute atomic E-state index is 11.7. The van der Waals surface area contributed by atoms with E-state index >= 15 is 0 Å². The zero-order valence-electron chi connectivity index (χ0n) is 10.4. The van der Waals surface area contributed by atoms with Crippen molar-refractivity contribution >= 4 is 5.91 Å². The van der Waals surface area contributed by atoms with Crippen molar-refractivity contribution in [3.05, 3.63) is 0 Å². The normalized spacial score (nSPS) is 18.9. The number of hydrogen-bond donors (Lipinski definition) is 2. The summed E-state index contributed by atoms with van der Waals surface area (Å²) in [5, 5.41) is 12.6. The first-order valence-electron chi connectivity index (χ1n) is 6.28. The average molecular weight is 228 g/mol. The smallest absolute Gasteiger partial charge is 0.236 e. The Kier molecular flexibility index (Phi) is 5.77. The molecular weight excluding hydrogens is 204 g/mol. The lowest BCUT2D eigenvalue weighted by atomic mass is 10.1. The summed E-state index contributed by atoms with van der Waals surface area (Å²) < 4.78 is 0. The van der Waals surface area contributed by atoms with Crippen molar-refractivity contribution in [3.63, 3.8) is 0 Å². The van der Waals surface area contributed by atoms with Gasteiger partial charge in [0.25, 0.3) is 0 Å². The lowest BCUT2D eigenvalue weighted by Crippen LogP contribution is -2.43. The van der Waals surface area contributed by atoms with Gasteiger partial charge in [0.1, 0.15) is 0 Å². The molecule has 1 fully saturated rings. The monoisotopic (exact) mass is 228 g/mol. The van der Waals surface area contributed by atoms with Crippen LogP contribution in [0.25, 0.3) is 0 Å². The maximum Gasteiger partial charge on any atom is 0.236 e. The lowest BCUT2D eigenvalue weighted by Gasteiger charge is -2.27. The molecule has 0 aromatic heterocycles. The Morgan fingerprint density at radius 3 is 2.50 bits per heavy atom. The van der Waals surface area contributed by atoms with Crippen molar-refractivity contribution in [1.29, 1.82) is 0 Å². The van der Waals surface area contributed by atoms with E-state index in [1.807, 2.05) is 18.7 Å². The molecule has 0 aromatic rings. The molecule has 1 rings (SSSR count). The minimum absolute atomic E-state index is 0.163. The molecule has 0 aliphatic carbocycles. The summed E-state index contributed by atoms with van der Waals surface area (Å²) in [6.07, 6.45) is 3.12. The molecule has 2 N–H and O–H groups in total. The molecule has 16 heavy (non-hydrogen) atoms. The molecule has 1 amide bonds. The molecular formula is C12H24N2O2. The first-order valence-corrected chi connectivity index (χ1v) is 6.28. The highest BCUT2D eigenvalue weighted by atomic mass is 16.3. The summed E-state index contributed by atoms with van der Waals surface area (Å²) in [5.74, 6) is 0.397. The number of aliphatic hydroxyl groups is 1. The standard InChI is InChI=1S/C12H24N2O2/c1-10(2)11(15)8-13-9-12(16)14-6-4-3-5-7-14/h10-11,13,15H,3-9H2,1-2H3. The van der Waals surface area contributed by atoms with Gasteiger partial charge in [-0.2, -0.15) is 0 Å². The van der Waals surface area contributed by atoms with E-state index in [0.29, 0.717) is 13.1 Å². The summed E-state index contributed by atoms with van der Waals surface area (Å²) in [7, 11) is 0. The molecule has 0 saturated carbocycles. The predicted octanol–water partition coefficient (Wildman–Crippen LogP) is 0.605. The van der Waals surface area contributed by atoms with Gasteiger partial charge in [0.05, 0.1) is 12.6 Å². The van der Waals surface area contributed by atoms with Gasteiger partial charge in [-0.05, 0) is 25.2 Å². The van der Waals surface area contributed by atoms with Gasteiger partial charge in [0, 0.05) is 19.6 Å². The number of amides is 1. The maximum atomic E-state index is 11.7. The molecule has 1 heterocycles. The van der Waals surface area contributed by atoms with Crippen LogP contribution in [0.2, 0.25) is 0 Å². The van der Waals surface area contributed by atoms with Gasteiger partial charge >= 0.3 is 0 Å².